The second-order valence-electron chi connectivity index (χ2n) is 8.62. The van der Waals surface area contributed by atoms with E-state index in [4.69, 9.17) is 4.74 Å². The van der Waals surface area contributed by atoms with Crippen LogP contribution >= 0.6 is 19.1 Å². The van der Waals surface area contributed by atoms with E-state index in [-0.39, 0.29) is 5.97 Å². The van der Waals surface area contributed by atoms with Gasteiger partial charge in [-0.05, 0) is 35.4 Å². The van der Waals surface area contributed by atoms with Crippen molar-refractivity contribution in [2.75, 3.05) is 40.2 Å². The zero-order chi connectivity index (χ0) is 27.8. The van der Waals surface area contributed by atoms with Crippen LogP contribution in [0, 0.1) is 0 Å². The molecule has 0 amide bonds. The number of methoxy groups -OCH3 is 1. The molecule has 0 saturated carbocycles. The fourth-order valence-electron chi connectivity index (χ4n) is 3.70. The second kappa shape index (κ2) is 9.29. The molecule has 0 saturated heterocycles. The molecule has 1 aliphatic carbocycles. The van der Waals surface area contributed by atoms with Crippen LogP contribution in [0.5, 0.6) is 0 Å². The average molecular weight is 563 g/mol. The second-order valence-corrected chi connectivity index (χ2v) is 11.6. The van der Waals surface area contributed by atoms with E-state index in [2.05, 4.69) is 45.9 Å². The molecule has 4 rings (SSSR count). The maximum atomic E-state index is 12.5. The fourth-order valence-corrected chi connectivity index (χ4v) is 4.86. The van der Waals surface area contributed by atoms with Gasteiger partial charge in [-0.3, -0.25) is 0 Å². The molecular weight excluding hydrogens is 537 g/mol. The molecule has 0 unspecified atom stereocenters. The zero-order valence-corrected chi connectivity index (χ0v) is 22.3. The van der Waals surface area contributed by atoms with Crippen molar-refractivity contribution in [2.24, 2.45) is 0 Å². The van der Waals surface area contributed by atoms with Crippen molar-refractivity contribution in [1.29, 1.82) is 0 Å². The Bertz CT molecular complexity index is 1520. The molecule has 0 aromatic heterocycles. The van der Waals surface area contributed by atoms with Crippen LogP contribution in [0.2, 0.25) is 0 Å². The van der Waals surface area contributed by atoms with Crippen LogP contribution in [0.15, 0.2) is 60.7 Å². The fraction of sp³-hybridized carbons (Fsp3) is 0.200. The number of halogens is 6. The summed E-state index contributed by atoms with van der Waals surface area (Å²) in [5.74, 6) is -0.325. The third-order valence-corrected chi connectivity index (χ3v) is 6.44. The molecule has 0 spiro atoms. The summed E-state index contributed by atoms with van der Waals surface area (Å²) in [6.07, 6.45) is 0. The molecule has 0 bridgehead atoms. The molecule has 4 nitrogen and oxygen atoms in total. The Morgan fingerprint density at radius 1 is 0.892 bits per heavy atom. The number of fused-ring (bicyclic) bond motifs is 2. The van der Waals surface area contributed by atoms with Crippen molar-refractivity contribution >= 4 is 40.9 Å². The van der Waals surface area contributed by atoms with E-state index in [0.717, 1.165) is 33.1 Å². The van der Waals surface area contributed by atoms with Crippen molar-refractivity contribution in [3.63, 3.8) is 0 Å². The maximum absolute atomic E-state index is 12.5. The van der Waals surface area contributed by atoms with Gasteiger partial charge in [0.25, 0.3) is 0 Å². The number of esters is 1. The standard InChI is InChI=1S/C25H25N2O2S.F6P/c1-26(2)16-10-12-20-22(14-16)30-23-15-17(27(3)4)11-13-21(23)24(20)18-8-6-7-9-19(18)25(28)29-5;1-7(2,3,4,5)6/h6-15H,1-5H3;/q+1;-1. The number of anilines is 1. The van der Waals surface area contributed by atoms with Crippen molar-refractivity contribution in [3.8, 4) is 21.6 Å². The topological polar surface area (TPSA) is 32.6 Å². The molecule has 37 heavy (non-hydrogen) atoms. The molecule has 12 heteroatoms. The third kappa shape index (κ3) is 7.66. The van der Waals surface area contributed by atoms with E-state index < -0.39 is 7.81 Å². The van der Waals surface area contributed by atoms with Crippen LogP contribution in [-0.2, 0) is 4.74 Å². The van der Waals surface area contributed by atoms with Gasteiger partial charge in [0.05, 0.1) is 12.7 Å². The summed E-state index contributed by atoms with van der Waals surface area (Å²) in [6.45, 7) is 0. The van der Waals surface area contributed by atoms with Crippen LogP contribution in [0.25, 0.3) is 31.7 Å². The van der Waals surface area contributed by atoms with Gasteiger partial charge in [0.1, 0.15) is 14.1 Å². The molecule has 0 atom stereocenters. The SMILES string of the molecule is COC(=O)c1ccccc1-c1c2ccc(=[N+](C)C)cc-2sc2cc(N(C)C)ccc12.F[P-](F)(F)(F)(F)F. The minimum absolute atomic E-state index is 0.325. The van der Waals surface area contributed by atoms with Crippen LogP contribution in [0.1, 0.15) is 10.4 Å². The molecular formula is C25H25F6N2O2PS. The molecule has 2 aliphatic rings. The monoisotopic (exact) mass is 562 g/mol. The first-order valence-corrected chi connectivity index (χ1v) is 13.6. The van der Waals surface area contributed by atoms with Crippen molar-refractivity contribution in [3.05, 3.63) is 71.6 Å². The molecule has 0 fully saturated rings. The quantitative estimate of drug-likeness (QED) is 0.0836. The van der Waals surface area contributed by atoms with E-state index in [0.29, 0.717) is 5.56 Å². The van der Waals surface area contributed by atoms with Crippen LogP contribution in [-0.4, -0.2) is 41.3 Å². The number of nitrogens with zero attached hydrogens (tertiary/aromatic N) is 2. The summed E-state index contributed by atoms with van der Waals surface area (Å²) in [7, 11) is -1.05. The van der Waals surface area contributed by atoms with Gasteiger partial charge in [0, 0.05) is 52.4 Å². The molecule has 2 aromatic carbocycles. The predicted octanol–water partition coefficient (Wildman–Crippen LogP) is 7.94. The number of hydrogen-bond donors (Lipinski definition) is 0. The van der Waals surface area contributed by atoms with E-state index in [1.807, 2.05) is 52.5 Å². The number of hydrogen-bond acceptors (Lipinski definition) is 4. The molecule has 0 N–H and O–H groups in total. The predicted molar refractivity (Wildman–Crippen MR) is 140 cm³/mol. The van der Waals surface area contributed by atoms with E-state index in [1.54, 1.807) is 11.3 Å². The molecule has 0 radical (unpaired) electrons. The van der Waals surface area contributed by atoms with E-state index in [1.165, 1.54) is 16.7 Å². The van der Waals surface area contributed by atoms with Gasteiger partial charge in [0.15, 0.2) is 0 Å². The first-order chi connectivity index (χ1) is 16.9. The number of carbonyl (C=O) groups excluding carboxylic acids is 1. The summed E-state index contributed by atoms with van der Waals surface area (Å²) in [4.78, 5) is 15.8. The summed E-state index contributed by atoms with van der Waals surface area (Å²) in [6, 6.07) is 20.7. The Kier molecular flexibility index (Phi) is 7.13. The van der Waals surface area contributed by atoms with Crippen LogP contribution < -0.4 is 14.8 Å². The number of carbonyl (C=O) groups is 1. The summed E-state index contributed by atoms with van der Waals surface area (Å²) in [5, 5.41) is 2.28. The number of ether oxygens (including phenoxy) is 1. The van der Waals surface area contributed by atoms with Crippen molar-refractivity contribution in [2.45, 2.75) is 0 Å². The van der Waals surface area contributed by atoms with Gasteiger partial charge < -0.3 is 9.64 Å². The number of benzene rings is 3. The Balaban J connectivity index is 0.000000479. The van der Waals surface area contributed by atoms with Gasteiger partial charge in [-0.1, -0.05) is 24.3 Å². The van der Waals surface area contributed by atoms with Gasteiger partial charge in [0.2, 0.25) is 5.36 Å². The summed E-state index contributed by atoms with van der Waals surface area (Å²) in [5.41, 5.74) is 4.81. The Labute approximate surface area is 213 Å². The van der Waals surface area contributed by atoms with E-state index >= 15 is 0 Å². The Morgan fingerprint density at radius 2 is 1.51 bits per heavy atom. The number of rotatable bonds is 3. The van der Waals surface area contributed by atoms with Gasteiger partial charge in [-0.15, -0.1) is 11.3 Å². The first kappa shape index (κ1) is 28.4. The minimum atomic E-state index is -10.7. The van der Waals surface area contributed by atoms with Crippen molar-refractivity contribution in [1.82, 2.24) is 4.58 Å². The third-order valence-electron chi connectivity index (χ3n) is 5.32. The summed E-state index contributed by atoms with van der Waals surface area (Å²) >= 11 is 1.77. The van der Waals surface area contributed by atoms with Gasteiger partial charge in [-0.2, -0.15) is 0 Å². The normalized spacial score (nSPS) is 13.3. The van der Waals surface area contributed by atoms with Gasteiger partial charge >= 0.3 is 39.0 Å². The van der Waals surface area contributed by atoms with Crippen LogP contribution in [0.4, 0.5) is 30.9 Å². The van der Waals surface area contributed by atoms with Gasteiger partial charge in [-0.25, -0.2) is 9.37 Å². The molecule has 1 heterocycles. The summed E-state index contributed by atoms with van der Waals surface area (Å²) < 4.78 is 67.6. The first-order valence-electron chi connectivity index (χ1n) is 10.8. The molecule has 1 aliphatic heterocycles. The van der Waals surface area contributed by atoms with E-state index in [9.17, 15) is 30.0 Å². The molecule has 200 valence electrons. The van der Waals surface area contributed by atoms with Crippen molar-refractivity contribution < 1.29 is 34.7 Å². The molecule has 2 aromatic rings. The Morgan fingerprint density at radius 3 is 2.08 bits per heavy atom. The van der Waals surface area contributed by atoms with Crippen LogP contribution in [0.3, 0.4) is 0 Å². The average Bonchev–Trinajstić information content (AvgIpc) is 2.79. The zero-order valence-electron chi connectivity index (χ0n) is 20.6. The Hall–Kier alpha value is -3.17.